The Morgan fingerprint density at radius 1 is 1.05 bits per heavy atom. The highest BCUT2D eigenvalue weighted by atomic mass is 16.5. The molecule has 5 heteroatoms. The van der Waals surface area contributed by atoms with Gasteiger partial charge in [0.2, 0.25) is 0 Å². The van der Waals surface area contributed by atoms with Crippen LogP contribution in [0.25, 0.3) is 0 Å². The van der Waals surface area contributed by atoms with E-state index in [2.05, 4.69) is 4.98 Å². The molecule has 0 amide bonds. The summed E-state index contributed by atoms with van der Waals surface area (Å²) < 4.78 is 10.8. The molecule has 0 spiro atoms. The second-order valence-electron chi connectivity index (χ2n) is 3.57. The summed E-state index contributed by atoms with van der Waals surface area (Å²) in [5, 5.41) is 17.6. The van der Waals surface area contributed by atoms with Crippen LogP contribution in [-0.2, 0) is 0 Å². The maximum Gasteiger partial charge on any atom is 0.169 e. The van der Waals surface area contributed by atoms with Crippen LogP contribution in [0.5, 0.6) is 17.2 Å². The number of ether oxygens (including phenoxy) is 2. The van der Waals surface area contributed by atoms with Crippen LogP contribution in [0.2, 0.25) is 0 Å². The highest BCUT2D eigenvalue weighted by Gasteiger charge is 2.07. The number of aromatic nitrogens is 1. The predicted octanol–water partition coefficient (Wildman–Crippen LogP) is 2.63. The van der Waals surface area contributed by atoms with E-state index in [0.29, 0.717) is 22.8 Å². The number of hydrogen-bond acceptors (Lipinski definition) is 5. The molecule has 0 aliphatic heterocycles. The largest absolute Gasteiger partial charge is 0.493 e. The van der Waals surface area contributed by atoms with Crippen LogP contribution in [-0.4, -0.2) is 12.1 Å². The fraction of sp³-hybridized carbons (Fsp3) is 0.0714. The average Bonchev–Trinajstić information content (AvgIpc) is 2.48. The predicted molar refractivity (Wildman–Crippen MR) is 66.7 cm³/mol. The zero-order chi connectivity index (χ0) is 13.7. The highest BCUT2D eigenvalue weighted by molar-refractivity contribution is 5.48. The molecule has 0 atom stereocenters. The van der Waals surface area contributed by atoms with Crippen molar-refractivity contribution in [2.75, 3.05) is 7.11 Å². The summed E-state index contributed by atoms with van der Waals surface area (Å²) in [5.41, 5.74) is 0.752. The lowest BCUT2D eigenvalue weighted by Crippen LogP contribution is -1.92. The summed E-state index contributed by atoms with van der Waals surface area (Å²) in [5.74, 6) is 1.40. The highest BCUT2D eigenvalue weighted by Crippen LogP contribution is 2.32. The zero-order valence-electron chi connectivity index (χ0n) is 10.1. The van der Waals surface area contributed by atoms with E-state index in [1.807, 2.05) is 12.1 Å². The summed E-state index contributed by atoms with van der Waals surface area (Å²) in [7, 11) is 1.50. The smallest absolute Gasteiger partial charge is 0.169 e. The van der Waals surface area contributed by atoms with E-state index >= 15 is 0 Å². The lowest BCUT2D eigenvalue weighted by atomic mass is 10.2. The molecule has 0 saturated heterocycles. The Morgan fingerprint density at radius 3 is 2.58 bits per heavy atom. The van der Waals surface area contributed by atoms with Crippen LogP contribution < -0.4 is 9.47 Å². The van der Waals surface area contributed by atoms with Crippen LogP contribution in [0, 0.1) is 22.7 Å². The molecule has 0 fully saturated rings. The van der Waals surface area contributed by atoms with Gasteiger partial charge in [-0.3, -0.25) is 0 Å². The van der Waals surface area contributed by atoms with E-state index in [0.717, 1.165) is 0 Å². The number of nitrogens with zero attached hydrogens (tertiary/aromatic N) is 3. The van der Waals surface area contributed by atoms with Crippen molar-refractivity contribution in [1.29, 1.82) is 10.5 Å². The van der Waals surface area contributed by atoms with Gasteiger partial charge >= 0.3 is 0 Å². The minimum absolute atomic E-state index is 0.269. The first-order valence-corrected chi connectivity index (χ1v) is 5.39. The Kier molecular flexibility index (Phi) is 3.61. The maximum atomic E-state index is 8.82. The Hall–Kier alpha value is -3.05. The molecule has 0 unspecified atom stereocenters. The molecule has 0 N–H and O–H groups in total. The molecule has 1 heterocycles. The van der Waals surface area contributed by atoms with Crippen molar-refractivity contribution in [3.63, 3.8) is 0 Å². The molecule has 2 rings (SSSR count). The monoisotopic (exact) mass is 251 g/mol. The number of methoxy groups -OCH3 is 1. The van der Waals surface area contributed by atoms with Crippen molar-refractivity contribution in [2.24, 2.45) is 0 Å². The second kappa shape index (κ2) is 5.52. The molecule has 19 heavy (non-hydrogen) atoms. The fourth-order valence-corrected chi connectivity index (χ4v) is 1.48. The van der Waals surface area contributed by atoms with E-state index in [1.54, 1.807) is 24.3 Å². The third kappa shape index (κ3) is 2.80. The lowest BCUT2D eigenvalue weighted by Gasteiger charge is -2.10. The molecule has 2 aromatic rings. The Balaban J connectivity index is 2.33. The Labute approximate surface area is 110 Å². The number of rotatable bonds is 3. The van der Waals surface area contributed by atoms with Gasteiger partial charge in [0.25, 0.3) is 0 Å². The summed E-state index contributed by atoms with van der Waals surface area (Å²) in [6.07, 6.45) is 1.49. The molecular weight excluding hydrogens is 242 g/mol. The molecule has 0 aliphatic carbocycles. The summed E-state index contributed by atoms with van der Waals surface area (Å²) >= 11 is 0. The first kappa shape index (κ1) is 12.4. The van der Waals surface area contributed by atoms with E-state index in [-0.39, 0.29) is 5.69 Å². The molecule has 0 radical (unpaired) electrons. The standard InChI is InChI=1S/C14H9N3O2/c1-18-14-6-10(8-15)2-3-13(14)19-12-4-5-17-11(7-12)9-16/h2-7H,1H3. The molecule has 5 nitrogen and oxygen atoms in total. The maximum absolute atomic E-state index is 8.82. The first-order chi connectivity index (χ1) is 9.26. The van der Waals surface area contributed by atoms with Crippen LogP contribution >= 0.6 is 0 Å². The van der Waals surface area contributed by atoms with E-state index < -0.39 is 0 Å². The Morgan fingerprint density at radius 2 is 1.89 bits per heavy atom. The Bertz CT molecular complexity index is 684. The van der Waals surface area contributed by atoms with Crippen molar-refractivity contribution < 1.29 is 9.47 Å². The van der Waals surface area contributed by atoms with Crippen molar-refractivity contribution >= 4 is 0 Å². The van der Waals surface area contributed by atoms with Gasteiger partial charge in [-0.1, -0.05) is 0 Å². The van der Waals surface area contributed by atoms with Crippen LogP contribution in [0.3, 0.4) is 0 Å². The number of pyridine rings is 1. The van der Waals surface area contributed by atoms with Crippen LogP contribution in [0.1, 0.15) is 11.3 Å². The van der Waals surface area contributed by atoms with E-state index in [1.165, 1.54) is 19.4 Å². The third-order valence-electron chi connectivity index (χ3n) is 2.37. The van der Waals surface area contributed by atoms with E-state index in [4.69, 9.17) is 20.0 Å². The molecular formula is C14H9N3O2. The topological polar surface area (TPSA) is 78.9 Å². The zero-order valence-corrected chi connectivity index (χ0v) is 10.1. The minimum Gasteiger partial charge on any atom is -0.493 e. The van der Waals surface area contributed by atoms with Crippen molar-refractivity contribution in [3.05, 3.63) is 47.8 Å². The van der Waals surface area contributed by atoms with Gasteiger partial charge in [0, 0.05) is 18.3 Å². The fourth-order valence-electron chi connectivity index (χ4n) is 1.48. The normalized spacial score (nSPS) is 9.21. The lowest BCUT2D eigenvalue weighted by molar-refractivity contribution is 0.378. The quantitative estimate of drug-likeness (QED) is 0.837. The van der Waals surface area contributed by atoms with Gasteiger partial charge in [-0.2, -0.15) is 10.5 Å². The third-order valence-corrected chi connectivity index (χ3v) is 2.37. The summed E-state index contributed by atoms with van der Waals surface area (Å²) in [6.45, 7) is 0. The van der Waals surface area contributed by atoms with Crippen molar-refractivity contribution in [1.82, 2.24) is 4.98 Å². The number of benzene rings is 1. The van der Waals surface area contributed by atoms with Crippen LogP contribution in [0.4, 0.5) is 0 Å². The second-order valence-corrected chi connectivity index (χ2v) is 3.57. The van der Waals surface area contributed by atoms with Crippen molar-refractivity contribution in [2.45, 2.75) is 0 Å². The van der Waals surface area contributed by atoms with Gasteiger partial charge in [-0.15, -0.1) is 0 Å². The van der Waals surface area contributed by atoms with E-state index in [9.17, 15) is 0 Å². The van der Waals surface area contributed by atoms with Gasteiger partial charge in [-0.25, -0.2) is 4.98 Å². The van der Waals surface area contributed by atoms with Crippen LogP contribution in [0.15, 0.2) is 36.5 Å². The van der Waals surface area contributed by atoms with Crippen molar-refractivity contribution in [3.8, 4) is 29.4 Å². The molecule has 0 aliphatic rings. The number of hydrogen-bond donors (Lipinski definition) is 0. The molecule has 0 saturated carbocycles. The van der Waals surface area contributed by atoms with Gasteiger partial charge in [0.05, 0.1) is 18.7 Å². The van der Waals surface area contributed by atoms with Gasteiger partial charge in [0.1, 0.15) is 17.5 Å². The van der Waals surface area contributed by atoms with Gasteiger partial charge in [-0.05, 0) is 18.2 Å². The minimum atomic E-state index is 0.269. The first-order valence-electron chi connectivity index (χ1n) is 5.39. The molecule has 1 aromatic heterocycles. The van der Waals surface area contributed by atoms with Gasteiger partial charge in [0.15, 0.2) is 11.5 Å². The summed E-state index contributed by atoms with van der Waals surface area (Å²) in [6, 6.07) is 12.0. The molecule has 92 valence electrons. The average molecular weight is 251 g/mol. The van der Waals surface area contributed by atoms with Gasteiger partial charge < -0.3 is 9.47 Å². The number of nitriles is 2. The molecule has 1 aromatic carbocycles. The SMILES string of the molecule is COc1cc(C#N)ccc1Oc1ccnc(C#N)c1. The molecule has 0 bridgehead atoms. The summed E-state index contributed by atoms with van der Waals surface area (Å²) in [4.78, 5) is 3.85.